The van der Waals surface area contributed by atoms with Crippen LogP contribution in [0, 0.1) is 0 Å². The lowest BCUT2D eigenvalue weighted by Gasteiger charge is -2.40. The summed E-state index contributed by atoms with van der Waals surface area (Å²) < 4.78 is 20.9. The maximum atomic E-state index is 12.3. The Morgan fingerprint density at radius 1 is 1.07 bits per heavy atom. The monoisotopic (exact) mass is 456 g/mol. The second kappa shape index (κ2) is 8.50. The Hall–Kier alpha value is -1.01. The molecular formula is C21H40N2O5Si2. The molecule has 3 unspecified atom stereocenters. The maximum Gasteiger partial charge on any atom is 0.330 e. The molecule has 0 aromatic carbocycles. The number of hydrogen-bond acceptors (Lipinski definition) is 5. The number of nitrogens with one attached hydrogen (secondary N) is 1. The summed E-state index contributed by atoms with van der Waals surface area (Å²) in [6, 6.07) is 1.34. The highest BCUT2D eigenvalue weighted by molar-refractivity contribution is 6.74. The van der Waals surface area contributed by atoms with Crippen LogP contribution in [0.5, 0.6) is 0 Å². The Labute approximate surface area is 182 Å². The number of nitrogens with zero attached hydrogens (tertiary/aromatic N) is 1. The molecule has 1 aliphatic rings. The molecule has 2 heterocycles. The van der Waals surface area contributed by atoms with Gasteiger partial charge >= 0.3 is 5.69 Å². The minimum Gasteiger partial charge on any atom is -0.414 e. The van der Waals surface area contributed by atoms with Crippen LogP contribution >= 0.6 is 0 Å². The van der Waals surface area contributed by atoms with Crippen molar-refractivity contribution in [3.8, 4) is 0 Å². The first kappa shape index (κ1) is 25.3. The van der Waals surface area contributed by atoms with Crippen LogP contribution in [-0.4, -0.2) is 45.0 Å². The van der Waals surface area contributed by atoms with Crippen molar-refractivity contribution in [3.63, 3.8) is 0 Å². The second-order valence-corrected chi connectivity index (χ2v) is 20.9. The zero-order valence-corrected chi connectivity index (χ0v) is 22.3. The van der Waals surface area contributed by atoms with Gasteiger partial charge in [-0.1, -0.05) is 41.5 Å². The molecular weight excluding hydrogens is 416 g/mol. The highest BCUT2D eigenvalue weighted by Gasteiger charge is 2.46. The normalized spacial score (nSPS) is 23.7. The lowest BCUT2D eigenvalue weighted by Crippen LogP contribution is -2.48. The van der Waals surface area contributed by atoms with Gasteiger partial charge in [0.25, 0.3) is 5.56 Å². The summed E-state index contributed by atoms with van der Waals surface area (Å²) in [5.41, 5.74) is -0.884. The Morgan fingerprint density at radius 3 is 2.13 bits per heavy atom. The summed E-state index contributed by atoms with van der Waals surface area (Å²) in [7, 11) is -4.00. The average Bonchev–Trinajstić information content (AvgIpc) is 2.92. The summed E-state index contributed by atoms with van der Waals surface area (Å²) in [4.78, 5) is 26.1. The molecule has 1 fully saturated rings. The van der Waals surface area contributed by atoms with E-state index in [-0.39, 0.29) is 22.3 Å². The minimum absolute atomic E-state index is 0.0603. The third-order valence-electron chi connectivity index (χ3n) is 7.01. The quantitative estimate of drug-likeness (QED) is 0.648. The highest BCUT2D eigenvalue weighted by Crippen LogP contribution is 2.42. The third-order valence-corrected chi connectivity index (χ3v) is 16.0. The first-order chi connectivity index (χ1) is 13.4. The fourth-order valence-electron chi connectivity index (χ4n) is 2.86. The van der Waals surface area contributed by atoms with Crippen LogP contribution in [-0.2, 0) is 13.6 Å². The van der Waals surface area contributed by atoms with Gasteiger partial charge in [-0.25, -0.2) is 4.79 Å². The van der Waals surface area contributed by atoms with Gasteiger partial charge in [-0.3, -0.25) is 14.3 Å². The number of aromatic nitrogens is 2. The van der Waals surface area contributed by atoms with E-state index in [4.69, 9.17) is 13.6 Å². The molecule has 0 bridgehead atoms. The first-order valence-corrected chi connectivity index (χ1v) is 16.5. The maximum absolute atomic E-state index is 12.3. The summed E-state index contributed by atoms with van der Waals surface area (Å²) in [5.74, 6) is 0. The lowest BCUT2D eigenvalue weighted by atomic mass is 10.2. The van der Waals surface area contributed by atoms with E-state index in [1.54, 1.807) is 0 Å². The molecule has 0 saturated carbocycles. The van der Waals surface area contributed by atoms with E-state index in [2.05, 4.69) is 72.7 Å². The van der Waals surface area contributed by atoms with Crippen molar-refractivity contribution in [3.05, 3.63) is 33.1 Å². The molecule has 1 aliphatic heterocycles. The molecule has 7 nitrogen and oxygen atoms in total. The molecule has 172 valence electrons. The van der Waals surface area contributed by atoms with E-state index >= 15 is 0 Å². The van der Waals surface area contributed by atoms with Crippen LogP contribution in [0.25, 0.3) is 0 Å². The lowest BCUT2D eigenvalue weighted by molar-refractivity contribution is -0.0412. The molecule has 1 saturated heterocycles. The van der Waals surface area contributed by atoms with Crippen LogP contribution in [0.1, 0.15) is 54.2 Å². The molecule has 0 spiro atoms. The SMILES string of the molecule is CC(C)(C)[Si](C)(C)OCC1OC(n2ccc(=O)[nH]c2=O)CC1O[Si](C)(C)C(C)(C)C. The molecule has 2 rings (SSSR count). The standard InChI is InChI=1S/C21H40N2O5Si2/c1-20(2,3)29(7,8)26-14-16-15(28-30(9,10)21(4,5)6)13-18(27-16)23-12-11-17(24)22-19(23)25/h11-12,15-16,18H,13-14H2,1-10H3,(H,22,24,25). The van der Waals surface area contributed by atoms with E-state index < -0.39 is 34.1 Å². The molecule has 0 radical (unpaired) electrons. The molecule has 0 amide bonds. The van der Waals surface area contributed by atoms with Gasteiger partial charge in [0, 0.05) is 18.7 Å². The number of aromatic amines is 1. The summed E-state index contributed by atoms with van der Waals surface area (Å²) in [5, 5.41) is 0.154. The van der Waals surface area contributed by atoms with Crippen molar-refractivity contribution in [1.82, 2.24) is 9.55 Å². The van der Waals surface area contributed by atoms with E-state index in [1.165, 1.54) is 16.8 Å². The van der Waals surface area contributed by atoms with Crippen molar-refractivity contribution in [1.29, 1.82) is 0 Å². The zero-order chi connectivity index (χ0) is 23.1. The molecule has 9 heteroatoms. The van der Waals surface area contributed by atoms with Gasteiger partial charge in [0.2, 0.25) is 0 Å². The van der Waals surface area contributed by atoms with E-state index in [1.807, 2.05) is 0 Å². The summed E-state index contributed by atoms with van der Waals surface area (Å²) >= 11 is 0. The highest BCUT2D eigenvalue weighted by atomic mass is 28.4. The van der Waals surface area contributed by atoms with Crippen molar-refractivity contribution in [2.75, 3.05) is 6.61 Å². The van der Waals surface area contributed by atoms with Crippen molar-refractivity contribution in [2.24, 2.45) is 0 Å². The van der Waals surface area contributed by atoms with Crippen molar-refractivity contribution < 1.29 is 13.6 Å². The van der Waals surface area contributed by atoms with Gasteiger partial charge in [0.05, 0.1) is 12.7 Å². The van der Waals surface area contributed by atoms with Gasteiger partial charge in [-0.2, -0.15) is 0 Å². The molecule has 30 heavy (non-hydrogen) atoms. The summed E-state index contributed by atoms with van der Waals surface area (Å²) in [6.07, 6.45) is 1.12. The topological polar surface area (TPSA) is 82.5 Å². The largest absolute Gasteiger partial charge is 0.414 e. The van der Waals surface area contributed by atoms with Crippen LogP contribution in [0.2, 0.25) is 36.3 Å². The number of hydrogen-bond donors (Lipinski definition) is 1. The predicted octanol–water partition coefficient (Wildman–Crippen LogP) is 4.24. The van der Waals surface area contributed by atoms with Crippen LogP contribution < -0.4 is 11.2 Å². The summed E-state index contributed by atoms with van der Waals surface area (Å²) in [6.45, 7) is 22.6. The molecule has 0 aliphatic carbocycles. The van der Waals surface area contributed by atoms with Crippen LogP contribution in [0.4, 0.5) is 0 Å². The Balaban J connectivity index is 2.28. The number of rotatable bonds is 6. The first-order valence-electron chi connectivity index (χ1n) is 10.7. The Bertz CT molecular complexity index is 848. The fourth-order valence-corrected chi connectivity index (χ4v) is 5.23. The number of H-pyrrole nitrogens is 1. The number of ether oxygens (including phenoxy) is 1. The molecule has 3 atom stereocenters. The van der Waals surface area contributed by atoms with E-state index in [0.29, 0.717) is 13.0 Å². The second-order valence-electron chi connectivity index (χ2n) is 11.4. The van der Waals surface area contributed by atoms with Crippen LogP contribution in [0.3, 0.4) is 0 Å². The third kappa shape index (κ3) is 5.61. The average molecular weight is 457 g/mol. The zero-order valence-electron chi connectivity index (χ0n) is 20.3. The van der Waals surface area contributed by atoms with Gasteiger partial charge < -0.3 is 13.6 Å². The smallest absolute Gasteiger partial charge is 0.330 e. The van der Waals surface area contributed by atoms with Gasteiger partial charge in [-0.15, -0.1) is 0 Å². The van der Waals surface area contributed by atoms with Crippen molar-refractivity contribution in [2.45, 2.75) is 103 Å². The van der Waals surface area contributed by atoms with Gasteiger partial charge in [-0.05, 0) is 36.3 Å². The van der Waals surface area contributed by atoms with Gasteiger partial charge in [0.1, 0.15) is 12.3 Å². The predicted molar refractivity (Wildman–Crippen MR) is 125 cm³/mol. The molecule has 1 N–H and O–H groups in total. The minimum atomic E-state index is -2.05. The van der Waals surface area contributed by atoms with Gasteiger partial charge in [0.15, 0.2) is 16.6 Å². The molecule has 1 aromatic rings. The van der Waals surface area contributed by atoms with Crippen molar-refractivity contribution >= 4 is 16.6 Å². The Kier molecular flexibility index (Phi) is 7.15. The van der Waals surface area contributed by atoms with E-state index in [9.17, 15) is 9.59 Å². The Morgan fingerprint density at radius 2 is 1.63 bits per heavy atom. The van der Waals surface area contributed by atoms with Crippen LogP contribution in [0.15, 0.2) is 21.9 Å². The van der Waals surface area contributed by atoms with E-state index in [0.717, 1.165) is 0 Å². The molecule has 1 aromatic heterocycles. The fraction of sp³-hybridized carbons (Fsp3) is 0.810.